The second-order valence-corrected chi connectivity index (χ2v) is 3.86. The molecule has 3 nitrogen and oxygen atoms in total. The molecule has 74 valence electrons. The van der Waals surface area contributed by atoms with Crippen LogP contribution in [0.15, 0.2) is 24.3 Å². The molecular weight excluding hydrogens is 178 g/mol. The standard InChI is InChI=1S/C11H13NO2/c12-10-5-9(6-10)7-2-1-3-8(4-7)11(13)14/h1-4,9-10H,5-6,12H2,(H,13,14). The molecule has 14 heavy (non-hydrogen) atoms. The molecular formula is C11H13NO2. The summed E-state index contributed by atoms with van der Waals surface area (Å²) in [6, 6.07) is 7.43. The Morgan fingerprint density at radius 3 is 2.71 bits per heavy atom. The predicted molar refractivity (Wildman–Crippen MR) is 53.4 cm³/mol. The van der Waals surface area contributed by atoms with Crippen molar-refractivity contribution >= 4 is 5.97 Å². The highest BCUT2D eigenvalue weighted by Gasteiger charge is 2.27. The summed E-state index contributed by atoms with van der Waals surface area (Å²) in [7, 11) is 0. The van der Waals surface area contributed by atoms with E-state index >= 15 is 0 Å². The van der Waals surface area contributed by atoms with Gasteiger partial charge in [-0.2, -0.15) is 0 Å². The summed E-state index contributed by atoms with van der Waals surface area (Å²) in [6.45, 7) is 0. The molecule has 1 aliphatic rings. The zero-order valence-electron chi connectivity index (χ0n) is 7.81. The van der Waals surface area contributed by atoms with Gasteiger partial charge >= 0.3 is 5.97 Å². The lowest BCUT2D eigenvalue weighted by Gasteiger charge is -2.32. The van der Waals surface area contributed by atoms with Gasteiger partial charge in [0.1, 0.15) is 0 Å². The predicted octanol–water partition coefficient (Wildman–Crippen LogP) is 1.59. The molecule has 3 N–H and O–H groups in total. The molecule has 0 saturated heterocycles. The molecule has 2 rings (SSSR count). The number of nitrogens with two attached hydrogens (primary N) is 1. The minimum Gasteiger partial charge on any atom is -0.478 e. The number of carbonyl (C=O) groups is 1. The Labute approximate surface area is 82.5 Å². The molecule has 1 aliphatic carbocycles. The van der Waals surface area contributed by atoms with Gasteiger partial charge in [-0.25, -0.2) is 4.79 Å². The second kappa shape index (κ2) is 3.42. The SMILES string of the molecule is NC1CC(c2cccc(C(=O)O)c2)C1. The van der Waals surface area contributed by atoms with Crippen molar-refractivity contribution in [1.29, 1.82) is 0 Å². The molecule has 0 aromatic heterocycles. The van der Waals surface area contributed by atoms with E-state index in [0.717, 1.165) is 18.4 Å². The fraction of sp³-hybridized carbons (Fsp3) is 0.364. The van der Waals surface area contributed by atoms with Gasteiger partial charge < -0.3 is 10.8 Å². The Balaban J connectivity index is 2.18. The average molecular weight is 191 g/mol. The highest BCUT2D eigenvalue weighted by Crippen LogP contribution is 2.35. The lowest BCUT2D eigenvalue weighted by Crippen LogP contribution is -2.34. The summed E-state index contributed by atoms with van der Waals surface area (Å²) in [4.78, 5) is 10.7. The average Bonchev–Trinajstić information content (AvgIpc) is 2.13. The Bertz CT molecular complexity index is 356. The van der Waals surface area contributed by atoms with E-state index in [1.165, 1.54) is 0 Å². The van der Waals surface area contributed by atoms with Gasteiger partial charge in [0.15, 0.2) is 0 Å². The van der Waals surface area contributed by atoms with Crippen LogP contribution in [0.1, 0.15) is 34.7 Å². The van der Waals surface area contributed by atoms with Crippen molar-refractivity contribution in [2.75, 3.05) is 0 Å². The first-order valence-electron chi connectivity index (χ1n) is 4.75. The van der Waals surface area contributed by atoms with Gasteiger partial charge in [0.25, 0.3) is 0 Å². The third kappa shape index (κ3) is 1.63. The maximum Gasteiger partial charge on any atom is 0.335 e. The maximum atomic E-state index is 10.7. The van der Waals surface area contributed by atoms with Crippen molar-refractivity contribution in [2.45, 2.75) is 24.8 Å². The number of benzene rings is 1. The zero-order chi connectivity index (χ0) is 10.1. The molecule has 0 radical (unpaired) electrons. The van der Waals surface area contributed by atoms with Crippen molar-refractivity contribution in [2.24, 2.45) is 5.73 Å². The molecule has 0 bridgehead atoms. The van der Waals surface area contributed by atoms with Gasteiger partial charge in [0.2, 0.25) is 0 Å². The lowest BCUT2D eigenvalue weighted by atomic mass is 9.76. The Morgan fingerprint density at radius 2 is 2.14 bits per heavy atom. The van der Waals surface area contributed by atoms with E-state index in [4.69, 9.17) is 10.8 Å². The van der Waals surface area contributed by atoms with E-state index in [0.29, 0.717) is 17.5 Å². The molecule has 1 saturated carbocycles. The van der Waals surface area contributed by atoms with E-state index < -0.39 is 5.97 Å². The maximum absolute atomic E-state index is 10.7. The van der Waals surface area contributed by atoms with Crippen LogP contribution in [0, 0.1) is 0 Å². The summed E-state index contributed by atoms with van der Waals surface area (Å²) in [5, 5.41) is 8.81. The van der Waals surface area contributed by atoms with Gasteiger partial charge in [-0.3, -0.25) is 0 Å². The number of aromatic carboxylic acids is 1. The largest absolute Gasteiger partial charge is 0.478 e. The molecule has 1 fully saturated rings. The highest BCUT2D eigenvalue weighted by atomic mass is 16.4. The molecule has 0 aliphatic heterocycles. The van der Waals surface area contributed by atoms with Crippen LogP contribution in [0.4, 0.5) is 0 Å². The summed E-state index contributed by atoms with van der Waals surface area (Å²) >= 11 is 0. The van der Waals surface area contributed by atoms with Crippen molar-refractivity contribution in [1.82, 2.24) is 0 Å². The number of hydrogen-bond acceptors (Lipinski definition) is 2. The van der Waals surface area contributed by atoms with Crippen molar-refractivity contribution in [3.63, 3.8) is 0 Å². The third-order valence-corrected chi connectivity index (χ3v) is 2.78. The monoisotopic (exact) mass is 191 g/mol. The fourth-order valence-electron chi connectivity index (χ4n) is 1.86. The van der Waals surface area contributed by atoms with Crippen LogP contribution in [-0.2, 0) is 0 Å². The third-order valence-electron chi connectivity index (χ3n) is 2.78. The Kier molecular flexibility index (Phi) is 2.25. The van der Waals surface area contributed by atoms with Gasteiger partial charge in [-0.1, -0.05) is 12.1 Å². The molecule has 3 heteroatoms. The minimum atomic E-state index is -0.865. The molecule has 1 aromatic carbocycles. The first-order chi connectivity index (χ1) is 6.66. The van der Waals surface area contributed by atoms with Gasteiger partial charge in [0.05, 0.1) is 5.56 Å². The molecule has 0 amide bonds. The number of carboxylic acid groups (broad SMARTS) is 1. The van der Waals surface area contributed by atoms with E-state index in [-0.39, 0.29) is 0 Å². The smallest absolute Gasteiger partial charge is 0.335 e. The fourth-order valence-corrected chi connectivity index (χ4v) is 1.86. The number of hydrogen-bond donors (Lipinski definition) is 2. The molecule has 0 atom stereocenters. The summed E-state index contributed by atoms with van der Waals surface area (Å²) < 4.78 is 0. The summed E-state index contributed by atoms with van der Waals surface area (Å²) in [6.07, 6.45) is 1.95. The van der Waals surface area contributed by atoms with E-state index in [9.17, 15) is 4.79 Å². The first kappa shape index (κ1) is 9.21. The van der Waals surface area contributed by atoms with Crippen LogP contribution >= 0.6 is 0 Å². The lowest BCUT2D eigenvalue weighted by molar-refractivity contribution is 0.0696. The minimum absolute atomic E-state index is 0.300. The van der Waals surface area contributed by atoms with Crippen molar-refractivity contribution in [3.8, 4) is 0 Å². The highest BCUT2D eigenvalue weighted by molar-refractivity contribution is 5.87. The van der Waals surface area contributed by atoms with Gasteiger partial charge in [-0.15, -0.1) is 0 Å². The van der Waals surface area contributed by atoms with Crippen LogP contribution in [0.3, 0.4) is 0 Å². The first-order valence-corrected chi connectivity index (χ1v) is 4.75. The molecule has 0 unspecified atom stereocenters. The van der Waals surface area contributed by atoms with Gasteiger partial charge in [0, 0.05) is 6.04 Å². The van der Waals surface area contributed by atoms with Gasteiger partial charge in [-0.05, 0) is 36.5 Å². The summed E-state index contributed by atoms with van der Waals surface area (Å²) in [5.74, 6) is -0.403. The zero-order valence-corrected chi connectivity index (χ0v) is 7.81. The van der Waals surface area contributed by atoms with Crippen LogP contribution in [0.5, 0.6) is 0 Å². The quantitative estimate of drug-likeness (QED) is 0.746. The molecule has 0 heterocycles. The van der Waals surface area contributed by atoms with E-state index in [2.05, 4.69) is 0 Å². The van der Waals surface area contributed by atoms with Crippen LogP contribution in [-0.4, -0.2) is 17.1 Å². The summed E-state index contributed by atoms with van der Waals surface area (Å²) in [5.41, 5.74) is 7.15. The number of rotatable bonds is 2. The second-order valence-electron chi connectivity index (χ2n) is 3.86. The Morgan fingerprint density at radius 1 is 1.43 bits per heavy atom. The van der Waals surface area contributed by atoms with Crippen molar-refractivity contribution in [3.05, 3.63) is 35.4 Å². The van der Waals surface area contributed by atoms with Crippen LogP contribution < -0.4 is 5.73 Å². The number of carboxylic acids is 1. The van der Waals surface area contributed by atoms with Crippen LogP contribution in [0.2, 0.25) is 0 Å². The van der Waals surface area contributed by atoms with E-state index in [1.54, 1.807) is 18.2 Å². The Hall–Kier alpha value is -1.35. The topological polar surface area (TPSA) is 63.3 Å². The molecule has 0 spiro atoms. The van der Waals surface area contributed by atoms with E-state index in [1.807, 2.05) is 6.07 Å². The van der Waals surface area contributed by atoms with Crippen LogP contribution in [0.25, 0.3) is 0 Å². The molecule has 1 aromatic rings. The van der Waals surface area contributed by atoms with Crippen molar-refractivity contribution < 1.29 is 9.90 Å². The normalized spacial score (nSPS) is 25.5.